The molecule has 0 radical (unpaired) electrons. The highest BCUT2D eigenvalue weighted by Crippen LogP contribution is 2.38. The molecule has 2 aromatic heterocycles. The molecule has 0 aliphatic carbocycles. The third kappa shape index (κ3) is 2.10. The Bertz CT molecular complexity index is 1140. The third-order valence-electron chi connectivity index (χ3n) is 4.24. The van der Waals surface area contributed by atoms with Crippen molar-refractivity contribution in [1.82, 2.24) is 9.97 Å². The van der Waals surface area contributed by atoms with E-state index in [1.54, 1.807) is 34.4 Å². The highest BCUT2D eigenvalue weighted by molar-refractivity contribution is 8.00. The van der Waals surface area contributed by atoms with E-state index in [0.717, 1.165) is 20.4 Å². The molecule has 2 nitrogen and oxygen atoms in total. The number of thiol groups is 1. The summed E-state index contributed by atoms with van der Waals surface area (Å²) in [5.74, 6) is 0.686. The minimum absolute atomic E-state index is 0.686. The van der Waals surface area contributed by atoms with E-state index in [1.165, 1.54) is 30.9 Å². The number of rotatable bonds is 2. The van der Waals surface area contributed by atoms with Crippen molar-refractivity contribution in [2.75, 3.05) is 6.26 Å². The van der Waals surface area contributed by atoms with Crippen molar-refractivity contribution in [3.05, 3.63) is 41.4 Å². The molecule has 2 heterocycles. The maximum atomic E-state index is 4.80. The molecule has 0 spiro atoms. The SMILES string of the molecule is CSc1nc2c(ccc3c4ccc5sc(CS)nc5c4ccc32)s1. The van der Waals surface area contributed by atoms with Crippen molar-refractivity contribution in [3.8, 4) is 0 Å². The second-order valence-electron chi connectivity index (χ2n) is 5.53. The normalized spacial score (nSPS) is 12.1. The Hall–Kier alpha value is -1.34. The van der Waals surface area contributed by atoms with E-state index < -0.39 is 0 Å². The average molecular weight is 385 g/mol. The van der Waals surface area contributed by atoms with Gasteiger partial charge in [-0.1, -0.05) is 36.0 Å². The van der Waals surface area contributed by atoms with Crippen LogP contribution in [0.3, 0.4) is 0 Å². The molecule has 6 heteroatoms. The van der Waals surface area contributed by atoms with Gasteiger partial charge >= 0.3 is 0 Å². The molecule has 5 aromatic rings. The maximum absolute atomic E-state index is 4.80. The van der Waals surface area contributed by atoms with Gasteiger partial charge in [0.25, 0.3) is 0 Å². The minimum Gasteiger partial charge on any atom is -0.240 e. The Kier molecular flexibility index (Phi) is 3.49. The van der Waals surface area contributed by atoms with Crippen LogP contribution in [0.15, 0.2) is 40.7 Å². The van der Waals surface area contributed by atoms with Gasteiger partial charge in [0.2, 0.25) is 0 Å². The van der Waals surface area contributed by atoms with E-state index in [9.17, 15) is 0 Å². The summed E-state index contributed by atoms with van der Waals surface area (Å²) in [7, 11) is 0. The molecule has 5 rings (SSSR count). The summed E-state index contributed by atoms with van der Waals surface area (Å²) in [6.45, 7) is 0. The summed E-state index contributed by atoms with van der Waals surface area (Å²) < 4.78 is 3.59. The average Bonchev–Trinajstić information content (AvgIpc) is 3.24. The monoisotopic (exact) mass is 384 g/mol. The van der Waals surface area contributed by atoms with Crippen LogP contribution < -0.4 is 0 Å². The molecule has 0 saturated heterocycles. The molecule has 0 aliphatic rings. The number of fused-ring (bicyclic) bond motifs is 7. The summed E-state index contributed by atoms with van der Waals surface area (Å²) in [4.78, 5) is 9.57. The highest BCUT2D eigenvalue weighted by Gasteiger charge is 2.12. The van der Waals surface area contributed by atoms with Gasteiger partial charge in [-0.05, 0) is 29.2 Å². The van der Waals surface area contributed by atoms with Gasteiger partial charge in [-0.25, -0.2) is 9.97 Å². The highest BCUT2D eigenvalue weighted by atomic mass is 32.2. The zero-order valence-electron chi connectivity index (χ0n) is 12.7. The van der Waals surface area contributed by atoms with Crippen molar-refractivity contribution in [2.24, 2.45) is 0 Å². The lowest BCUT2D eigenvalue weighted by atomic mass is 10.0. The number of hydrogen-bond acceptors (Lipinski definition) is 6. The van der Waals surface area contributed by atoms with E-state index in [0.29, 0.717) is 5.75 Å². The predicted octanol–water partition coefficient (Wildman–Crippen LogP) is 6.36. The van der Waals surface area contributed by atoms with Crippen LogP contribution in [0, 0.1) is 0 Å². The van der Waals surface area contributed by atoms with Gasteiger partial charge in [0.15, 0.2) is 4.34 Å². The van der Waals surface area contributed by atoms with Gasteiger partial charge < -0.3 is 0 Å². The molecule has 0 amide bonds. The lowest BCUT2D eigenvalue weighted by Crippen LogP contribution is -1.81. The van der Waals surface area contributed by atoms with Gasteiger partial charge in [-0.3, -0.25) is 0 Å². The topological polar surface area (TPSA) is 25.8 Å². The molecular weight excluding hydrogens is 372 g/mol. The minimum atomic E-state index is 0.686. The number of thiazole rings is 2. The molecule has 24 heavy (non-hydrogen) atoms. The summed E-state index contributed by atoms with van der Waals surface area (Å²) in [6.07, 6.45) is 2.08. The largest absolute Gasteiger partial charge is 0.240 e. The van der Waals surface area contributed by atoms with Crippen LogP contribution in [0.2, 0.25) is 0 Å². The van der Waals surface area contributed by atoms with E-state index in [1.807, 2.05) is 0 Å². The molecule has 0 aliphatic heterocycles. The van der Waals surface area contributed by atoms with E-state index in [2.05, 4.69) is 55.3 Å². The van der Waals surface area contributed by atoms with Gasteiger partial charge in [-0.2, -0.15) is 12.6 Å². The number of nitrogens with zero attached hydrogens (tertiary/aromatic N) is 2. The Morgan fingerprint density at radius 3 is 2.04 bits per heavy atom. The fraction of sp³-hybridized carbons (Fsp3) is 0.111. The van der Waals surface area contributed by atoms with Gasteiger partial charge in [0.05, 0.1) is 20.4 Å². The summed E-state index contributed by atoms with van der Waals surface area (Å²) in [6, 6.07) is 13.2. The number of hydrogen-bond donors (Lipinski definition) is 1. The molecule has 0 N–H and O–H groups in total. The molecule has 118 valence electrons. The predicted molar refractivity (Wildman–Crippen MR) is 112 cm³/mol. The van der Waals surface area contributed by atoms with Crippen LogP contribution in [-0.4, -0.2) is 16.2 Å². The van der Waals surface area contributed by atoms with E-state index >= 15 is 0 Å². The number of aromatic nitrogens is 2. The van der Waals surface area contributed by atoms with E-state index in [-0.39, 0.29) is 0 Å². The molecule has 0 unspecified atom stereocenters. The first kappa shape index (κ1) is 15.0. The van der Waals surface area contributed by atoms with Crippen molar-refractivity contribution in [3.63, 3.8) is 0 Å². The lowest BCUT2D eigenvalue weighted by Gasteiger charge is -2.05. The fourth-order valence-electron chi connectivity index (χ4n) is 3.18. The molecule has 0 saturated carbocycles. The molecular formula is C18H12N2S4. The van der Waals surface area contributed by atoms with Crippen LogP contribution in [-0.2, 0) is 5.75 Å². The standard InChI is InChI=1S/C18H12N2S4/c1-22-18-20-17-12-3-2-11-9(10(12)5-7-14(17)24-18)4-6-13-16(11)19-15(8-21)23-13/h2-7,21H,8H2,1H3. The maximum Gasteiger partial charge on any atom is 0.150 e. The summed E-state index contributed by atoms with van der Waals surface area (Å²) in [5.41, 5.74) is 2.20. The smallest absolute Gasteiger partial charge is 0.150 e. The first-order valence-corrected chi connectivity index (χ1v) is 11.0. The van der Waals surface area contributed by atoms with Gasteiger partial charge in [0.1, 0.15) is 5.01 Å². The van der Waals surface area contributed by atoms with Gasteiger partial charge in [0, 0.05) is 16.5 Å². The quantitative estimate of drug-likeness (QED) is 0.218. The van der Waals surface area contributed by atoms with Crippen LogP contribution in [0.1, 0.15) is 5.01 Å². The molecule has 0 atom stereocenters. The summed E-state index contributed by atoms with van der Waals surface area (Å²) >= 11 is 9.55. The molecule has 3 aromatic carbocycles. The fourth-order valence-corrected chi connectivity index (χ4v) is 5.79. The second kappa shape index (κ2) is 5.59. The number of benzene rings is 3. The zero-order valence-corrected chi connectivity index (χ0v) is 16.1. The first-order valence-electron chi connectivity index (χ1n) is 7.48. The van der Waals surface area contributed by atoms with E-state index in [4.69, 9.17) is 9.97 Å². The van der Waals surface area contributed by atoms with Crippen molar-refractivity contribution >= 4 is 89.0 Å². The van der Waals surface area contributed by atoms with Gasteiger partial charge in [-0.15, -0.1) is 22.7 Å². The van der Waals surface area contributed by atoms with Crippen LogP contribution in [0.25, 0.3) is 42.0 Å². The number of thioether (sulfide) groups is 1. The van der Waals surface area contributed by atoms with Crippen molar-refractivity contribution in [1.29, 1.82) is 0 Å². The summed E-state index contributed by atoms with van der Waals surface area (Å²) in [5, 5.41) is 6.00. The van der Waals surface area contributed by atoms with Crippen LogP contribution in [0.5, 0.6) is 0 Å². The van der Waals surface area contributed by atoms with Crippen LogP contribution >= 0.6 is 47.1 Å². The second-order valence-corrected chi connectivity index (χ2v) is 9.05. The molecule has 0 fully saturated rings. The zero-order chi connectivity index (χ0) is 16.3. The Morgan fingerprint density at radius 1 is 0.833 bits per heavy atom. The lowest BCUT2D eigenvalue weighted by molar-refractivity contribution is 1.32. The Balaban J connectivity index is 1.92. The Morgan fingerprint density at radius 2 is 1.42 bits per heavy atom. The first-order chi connectivity index (χ1) is 11.8. The van der Waals surface area contributed by atoms with Crippen LogP contribution in [0.4, 0.5) is 0 Å². The Labute approximate surface area is 156 Å². The third-order valence-corrected chi connectivity index (χ3v) is 7.78. The van der Waals surface area contributed by atoms with Crippen molar-refractivity contribution in [2.45, 2.75) is 10.1 Å². The molecule has 0 bridgehead atoms. The van der Waals surface area contributed by atoms with Crippen molar-refractivity contribution < 1.29 is 0 Å².